The number of aldehydes is 1. The lowest BCUT2D eigenvalue weighted by Crippen LogP contribution is -2.26. The second kappa shape index (κ2) is 4.49. The van der Waals surface area contributed by atoms with Crippen LogP contribution in [-0.4, -0.2) is 30.4 Å². The summed E-state index contributed by atoms with van der Waals surface area (Å²) in [5, 5.41) is 9.74. The average molecular weight is 250 g/mol. The van der Waals surface area contributed by atoms with Gasteiger partial charge in [-0.25, -0.2) is 0 Å². The Labute approximate surface area is 104 Å². The Bertz CT molecular complexity index is 471. The lowest BCUT2D eigenvalue weighted by atomic mass is 10.2. The van der Waals surface area contributed by atoms with Gasteiger partial charge in [0, 0.05) is 6.07 Å². The maximum atomic E-state index is 11.0. The predicted molar refractivity (Wildman–Crippen MR) is 62.2 cm³/mol. The summed E-state index contributed by atoms with van der Waals surface area (Å²) in [4.78, 5) is 11.0. The molecule has 1 heterocycles. The van der Waals surface area contributed by atoms with E-state index in [1.807, 2.05) is 0 Å². The van der Waals surface area contributed by atoms with Crippen molar-refractivity contribution in [1.82, 2.24) is 0 Å². The quantitative estimate of drug-likeness (QED) is 0.824. The summed E-state index contributed by atoms with van der Waals surface area (Å²) in [6.45, 7) is 0.156. The van der Waals surface area contributed by atoms with Crippen LogP contribution in [0.15, 0.2) is 12.1 Å². The number of aliphatic hydroxyl groups excluding tert-OH is 1. The van der Waals surface area contributed by atoms with Crippen LogP contribution in [0.5, 0.6) is 17.2 Å². The molecular weight excluding hydrogens is 236 g/mol. The van der Waals surface area contributed by atoms with Gasteiger partial charge >= 0.3 is 0 Å². The first-order valence-corrected chi connectivity index (χ1v) is 6.01. The van der Waals surface area contributed by atoms with Crippen molar-refractivity contribution in [3.05, 3.63) is 17.7 Å². The van der Waals surface area contributed by atoms with Crippen molar-refractivity contribution < 1.29 is 24.1 Å². The molecule has 5 nitrogen and oxygen atoms in total. The highest BCUT2D eigenvalue weighted by molar-refractivity contribution is 5.81. The van der Waals surface area contributed by atoms with Gasteiger partial charge in [-0.2, -0.15) is 0 Å². The summed E-state index contributed by atoms with van der Waals surface area (Å²) >= 11 is 0. The maximum absolute atomic E-state index is 11.0. The number of hydrogen-bond acceptors (Lipinski definition) is 5. The number of aliphatic hydroxyl groups is 1. The molecule has 1 aromatic rings. The lowest BCUT2D eigenvalue weighted by molar-refractivity contribution is 0.0596. The number of hydrogen-bond donors (Lipinski definition) is 1. The highest BCUT2D eigenvalue weighted by Gasteiger charge is 2.28. The Kier molecular flexibility index (Phi) is 2.83. The maximum Gasteiger partial charge on any atom is 0.231 e. The molecular formula is C13H14O5. The first-order valence-electron chi connectivity index (χ1n) is 6.01. The number of carbonyl (C=O) groups is 1. The van der Waals surface area contributed by atoms with Gasteiger partial charge in [-0.1, -0.05) is 0 Å². The second-order valence-corrected chi connectivity index (χ2v) is 4.52. The summed E-state index contributed by atoms with van der Waals surface area (Å²) in [5.41, 5.74) is 0.415. The number of fused-ring (bicyclic) bond motifs is 1. The van der Waals surface area contributed by atoms with Crippen LogP contribution in [0, 0.1) is 0 Å². The Hall–Kier alpha value is -1.75. The molecule has 0 aromatic heterocycles. The van der Waals surface area contributed by atoms with Gasteiger partial charge in [0.15, 0.2) is 17.8 Å². The molecule has 1 saturated carbocycles. The van der Waals surface area contributed by atoms with Crippen molar-refractivity contribution in [2.24, 2.45) is 0 Å². The van der Waals surface area contributed by atoms with Gasteiger partial charge in [0.2, 0.25) is 6.79 Å². The Balaban J connectivity index is 1.88. The van der Waals surface area contributed by atoms with Crippen LogP contribution in [0.25, 0.3) is 0 Å². The van der Waals surface area contributed by atoms with E-state index in [0.29, 0.717) is 22.8 Å². The zero-order chi connectivity index (χ0) is 12.5. The van der Waals surface area contributed by atoms with Gasteiger partial charge in [-0.05, 0) is 25.3 Å². The predicted octanol–water partition coefficient (Wildman–Crippen LogP) is 1.52. The van der Waals surface area contributed by atoms with E-state index >= 15 is 0 Å². The van der Waals surface area contributed by atoms with E-state index in [-0.39, 0.29) is 12.9 Å². The molecule has 1 fully saturated rings. The van der Waals surface area contributed by atoms with E-state index in [4.69, 9.17) is 14.2 Å². The fourth-order valence-corrected chi connectivity index (χ4v) is 2.34. The van der Waals surface area contributed by atoms with Crippen LogP contribution in [0.2, 0.25) is 0 Å². The summed E-state index contributed by atoms with van der Waals surface area (Å²) in [5.74, 6) is 1.57. The molecule has 2 unspecified atom stereocenters. The van der Waals surface area contributed by atoms with Crippen LogP contribution >= 0.6 is 0 Å². The molecule has 0 radical (unpaired) electrons. The van der Waals surface area contributed by atoms with Crippen molar-refractivity contribution in [2.45, 2.75) is 31.5 Å². The van der Waals surface area contributed by atoms with Gasteiger partial charge in [-0.15, -0.1) is 0 Å². The van der Waals surface area contributed by atoms with Crippen molar-refractivity contribution in [2.75, 3.05) is 6.79 Å². The van der Waals surface area contributed by atoms with Crippen LogP contribution in [0.4, 0.5) is 0 Å². The minimum Gasteiger partial charge on any atom is -0.487 e. The minimum absolute atomic E-state index is 0.156. The summed E-state index contributed by atoms with van der Waals surface area (Å²) in [6.07, 6.45) is 2.49. The van der Waals surface area contributed by atoms with Gasteiger partial charge < -0.3 is 19.3 Å². The van der Waals surface area contributed by atoms with E-state index in [1.54, 1.807) is 12.1 Å². The zero-order valence-corrected chi connectivity index (χ0v) is 9.80. The molecule has 0 saturated heterocycles. The number of ether oxygens (including phenoxy) is 3. The number of carbonyl (C=O) groups excluding carboxylic acids is 1. The van der Waals surface area contributed by atoms with E-state index < -0.39 is 6.10 Å². The van der Waals surface area contributed by atoms with Crippen LogP contribution < -0.4 is 14.2 Å². The standard InChI is InChI=1S/C13H14O5/c14-6-8-4-12-13(17-7-16-12)5-11(8)18-10-3-1-2-9(10)15/h4-6,9-10,15H,1-3,7H2. The first-order chi connectivity index (χ1) is 8.78. The Morgan fingerprint density at radius 1 is 1.28 bits per heavy atom. The highest BCUT2D eigenvalue weighted by atomic mass is 16.7. The van der Waals surface area contributed by atoms with Gasteiger partial charge in [0.05, 0.1) is 11.7 Å². The molecule has 2 aliphatic rings. The third-order valence-corrected chi connectivity index (χ3v) is 3.33. The van der Waals surface area contributed by atoms with E-state index in [9.17, 15) is 9.90 Å². The van der Waals surface area contributed by atoms with Crippen molar-refractivity contribution >= 4 is 6.29 Å². The summed E-state index contributed by atoms with van der Waals surface area (Å²) in [7, 11) is 0. The summed E-state index contributed by atoms with van der Waals surface area (Å²) in [6, 6.07) is 3.25. The smallest absolute Gasteiger partial charge is 0.231 e. The van der Waals surface area contributed by atoms with Crippen LogP contribution in [0.1, 0.15) is 29.6 Å². The fourth-order valence-electron chi connectivity index (χ4n) is 2.34. The topological polar surface area (TPSA) is 65.0 Å². The van der Waals surface area contributed by atoms with E-state index in [2.05, 4.69) is 0 Å². The van der Waals surface area contributed by atoms with E-state index in [0.717, 1.165) is 25.5 Å². The molecule has 1 N–H and O–H groups in total. The molecule has 1 aliphatic heterocycles. The van der Waals surface area contributed by atoms with Crippen molar-refractivity contribution in [3.63, 3.8) is 0 Å². The molecule has 1 aromatic carbocycles. The molecule has 0 bridgehead atoms. The summed E-state index contributed by atoms with van der Waals surface area (Å²) < 4.78 is 16.2. The molecule has 96 valence electrons. The zero-order valence-electron chi connectivity index (χ0n) is 9.80. The van der Waals surface area contributed by atoms with Gasteiger partial charge in [0.25, 0.3) is 0 Å². The third kappa shape index (κ3) is 1.90. The highest BCUT2D eigenvalue weighted by Crippen LogP contribution is 2.38. The fraction of sp³-hybridized carbons (Fsp3) is 0.462. The van der Waals surface area contributed by atoms with Gasteiger partial charge in [0.1, 0.15) is 11.9 Å². The Morgan fingerprint density at radius 3 is 2.72 bits per heavy atom. The molecule has 18 heavy (non-hydrogen) atoms. The SMILES string of the molecule is O=Cc1cc2c(cc1OC1CCCC1O)OCO2. The lowest BCUT2D eigenvalue weighted by Gasteiger charge is -2.18. The first kappa shape index (κ1) is 11.3. The average Bonchev–Trinajstić information content (AvgIpc) is 2.98. The molecule has 3 rings (SSSR count). The van der Waals surface area contributed by atoms with Crippen molar-refractivity contribution in [3.8, 4) is 17.2 Å². The van der Waals surface area contributed by atoms with Gasteiger partial charge in [-0.3, -0.25) is 4.79 Å². The normalized spacial score (nSPS) is 25.2. The Morgan fingerprint density at radius 2 is 2.06 bits per heavy atom. The second-order valence-electron chi connectivity index (χ2n) is 4.52. The molecule has 5 heteroatoms. The molecule has 0 amide bonds. The van der Waals surface area contributed by atoms with Crippen LogP contribution in [0.3, 0.4) is 0 Å². The van der Waals surface area contributed by atoms with Crippen LogP contribution in [-0.2, 0) is 0 Å². The molecule has 1 aliphatic carbocycles. The minimum atomic E-state index is -0.463. The largest absolute Gasteiger partial charge is 0.487 e. The number of rotatable bonds is 3. The van der Waals surface area contributed by atoms with Crippen molar-refractivity contribution in [1.29, 1.82) is 0 Å². The third-order valence-electron chi connectivity index (χ3n) is 3.33. The van der Waals surface area contributed by atoms with E-state index in [1.165, 1.54) is 0 Å². The number of benzene rings is 1. The monoisotopic (exact) mass is 250 g/mol. The molecule has 0 spiro atoms. The molecule has 2 atom stereocenters.